The molecule has 1 aromatic rings. The van der Waals surface area contributed by atoms with Gasteiger partial charge in [0.05, 0.1) is 0 Å². The van der Waals surface area contributed by atoms with E-state index in [0.29, 0.717) is 6.42 Å². The fourth-order valence-corrected chi connectivity index (χ4v) is 3.24. The smallest absolute Gasteiger partial charge is 0.223 e. The highest BCUT2D eigenvalue weighted by molar-refractivity contribution is 7.11. The molecule has 0 bridgehead atoms. The zero-order valence-corrected chi connectivity index (χ0v) is 13.9. The van der Waals surface area contributed by atoms with E-state index in [0.717, 1.165) is 39.3 Å². The average molecular weight is 318 g/mol. The molecule has 1 amide bonds. The molecule has 20 heavy (non-hydrogen) atoms. The summed E-state index contributed by atoms with van der Waals surface area (Å²) in [6.45, 7) is 7.46. The maximum absolute atomic E-state index is 12.0. The number of carbonyl (C=O) groups excluding carboxylic acids is 1. The molecule has 1 aliphatic heterocycles. The van der Waals surface area contributed by atoms with Crippen LogP contribution in [0.5, 0.6) is 0 Å². The molecule has 4 nitrogen and oxygen atoms in total. The topological polar surface area (TPSA) is 35.6 Å². The standard InChI is InChI=1S/C14H23N3OS.ClH/c1-12-3-4-13(19-12)11-16(2)8-5-14(18)17-9-6-15-7-10-17;/h3-4,15H,5-11H2,1-2H3;1H. The molecule has 114 valence electrons. The van der Waals surface area contributed by atoms with Gasteiger partial charge in [-0.05, 0) is 26.1 Å². The van der Waals surface area contributed by atoms with Gasteiger partial charge in [-0.1, -0.05) is 0 Å². The van der Waals surface area contributed by atoms with Gasteiger partial charge >= 0.3 is 0 Å². The van der Waals surface area contributed by atoms with Gasteiger partial charge in [-0.3, -0.25) is 4.79 Å². The molecule has 1 aromatic heterocycles. The van der Waals surface area contributed by atoms with Gasteiger partial charge in [0.1, 0.15) is 0 Å². The Morgan fingerprint density at radius 3 is 2.70 bits per heavy atom. The van der Waals surface area contributed by atoms with Crippen molar-refractivity contribution in [1.82, 2.24) is 15.1 Å². The normalized spacial score (nSPS) is 15.2. The summed E-state index contributed by atoms with van der Waals surface area (Å²) in [6, 6.07) is 4.33. The molecule has 2 rings (SSSR count). The van der Waals surface area contributed by atoms with Crippen LogP contribution >= 0.6 is 23.7 Å². The van der Waals surface area contributed by atoms with E-state index in [4.69, 9.17) is 0 Å². The largest absolute Gasteiger partial charge is 0.340 e. The lowest BCUT2D eigenvalue weighted by molar-refractivity contribution is -0.132. The lowest BCUT2D eigenvalue weighted by Gasteiger charge is -2.28. The minimum atomic E-state index is 0. The minimum Gasteiger partial charge on any atom is -0.340 e. The number of hydrogen-bond acceptors (Lipinski definition) is 4. The van der Waals surface area contributed by atoms with Gasteiger partial charge < -0.3 is 15.1 Å². The molecule has 1 saturated heterocycles. The average Bonchev–Trinajstić information content (AvgIpc) is 2.82. The third kappa shape index (κ3) is 5.40. The number of carbonyl (C=O) groups is 1. The van der Waals surface area contributed by atoms with E-state index < -0.39 is 0 Å². The molecule has 1 aliphatic rings. The molecule has 0 spiro atoms. The number of hydrogen-bond donors (Lipinski definition) is 1. The first-order chi connectivity index (χ1) is 9.15. The summed E-state index contributed by atoms with van der Waals surface area (Å²) in [5.74, 6) is 0.288. The molecule has 1 fully saturated rings. The number of amides is 1. The zero-order chi connectivity index (χ0) is 13.7. The van der Waals surface area contributed by atoms with Crippen LogP contribution in [0.15, 0.2) is 12.1 Å². The van der Waals surface area contributed by atoms with Crippen LogP contribution in [0.4, 0.5) is 0 Å². The van der Waals surface area contributed by atoms with Crippen molar-refractivity contribution in [3.8, 4) is 0 Å². The van der Waals surface area contributed by atoms with Crippen molar-refractivity contribution >= 4 is 29.7 Å². The first-order valence-electron chi connectivity index (χ1n) is 6.87. The van der Waals surface area contributed by atoms with Gasteiger partial charge in [0.2, 0.25) is 5.91 Å². The van der Waals surface area contributed by atoms with Crippen LogP contribution in [0.3, 0.4) is 0 Å². The van der Waals surface area contributed by atoms with E-state index in [1.807, 2.05) is 16.2 Å². The number of aryl methyl sites for hydroxylation is 1. The maximum Gasteiger partial charge on any atom is 0.223 e. The van der Waals surface area contributed by atoms with E-state index in [1.54, 1.807) is 0 Å². The monoisotopic (exact) mass is 317 g/mol. The van der Waals surface area contributed by atoms with Crippen molar-refractivity contribution in [2.75, 3.05) is 39.8 Å². The SMILES string of the molecule is Cc1ccc(CN(C)CCC(=O)N2CCNCC2)s1.Cl. The first kappa shape index (κ1) is 17.4. The number of nitrogens with zero attached hydrogens (tertiary/aromatic N) is 2. The fourth-order valence-electron chi connectivity index (χ4n) is 2.27. The summed E-state index contributed by atoms with van der Waals surface area (Å²) in [5, 5.41) is 3.27. The number of halogens is 1. The van der Waals surface area contributed by atoms with Crippen LogP contribution in [0.25, 0.3) is 0 Å². The minimum absolute atomic E-state index is 0. The Balaban J connectivity index is 0.00000200. The molecular weight excluding hydrogens is 294 g/mol. The van der Waals surface area contributed by atoms with E-state index >= 15 is 0 Å². The van der Waals surface area contributed by atoms with Gasteiger partial charge in [0.15, 0.2) is 0 Å². The maximum atomic E-state index is 12.0. The lowest BCUT2D eigenvalue weighted by Crippen LogP contribution is -2.46. The summed E-state index contributed by atoms with van der Waals surface area (Å²) < 4.78 is 0. The lowest BCUT2D eigenvalue weighted by atomic mass is 10.3. The predicted molar refractivity (Wildman–Crippen MR) is 86.7 cm³/mol. The highest BCUT2D eigenvalue weighted by Crippen LogP contribution is 2.16. The summed E-state index contributed by atoms with van der Waals surface area (Å²) >= 11 is 1.83. The van der Waals surface area contributed by atoms with Crippen molar-refractivity contribution in [3.63, 3.8) is 0 Å². The highest BCUT2D eigenvalue weighted by atomic mass is 35.5. The molecule has 1 N–H and O–H groups in total. The second kappa shape index (κ2) is 8.62. The third-order valence-electron chi connectivity index (χ3n) is 3.40. The van der Waals surface area contributed by atoms with E-state index in [2.05, 4.69) is 36.3 Å². The molecule has 0 radical (unpaired) electrons. The second-order valence-electron chi connectivity index (χ2n) is 5.13. The number of thiophene rings is 1. The summed E-state index contributed by atoms with van der Waals surface area (Å²) in [5.41, 5.74) is 0. The number of nitrogens with one attached hydrogen (secondary N) is 1. The Bertz CT molecular complexity index is 418. The molecule has 0 aliphatic carbocycles. The van der Waals surface area contributed by atoms with Crippen molar-refractivity contribution < 1.29 is 4.79 Å². The Hall–Kier alpha value is -0.620. The second-order valence-corrected chi connectivity index (χ2v) is 6.50. The van der Waals surface area contributed by atoms with Crippen molar-refractivity contribution in [1.29, 1.82) is 0 Å². The molecule has 2 heterocycles. The van der Waals surface area contributed by atoms with Crippen molar-refractivity contribution in [3.05, 3.63) is 21.9 Å². The Kier molecular flexibility index (Phi) is 7.51. The van der Waals surface area contributed by atoms with E-state index in [9.17, 15) is 4.79 Å². The quantitative estimate of drug-likeness (QED) is 0.898. The van der Waals surface area contributed by atoms with Gasteiger partial charge in [0, 0.05) is 55.4 Å². The molecule has 0 saturated carbocycles. The van der Waals surface area contributed by atoms with Gasteiger partial charge in [0.25, 0.3) is 0 Å². The first-order valence-corrected chi connectivity index (χ1v) is 7.69. The van der Waals surface area contributed by atoms with Crippen LogP contribution in [0, 0.1) is 6.92 Å². The van der Waals surface area contributed by atoms with Crippen LogP contribution in [-0.4, -0.2) is 55.5 Å². The van der Waals surface area contributed by atoms with Crippen LogP contribution in [-0.2, 0) is 11.3 Å². The highest BCUT2D eigenvalue weighted by Gasteiger charge is 2.16. The predicted octanol–water partition coefficient (Wildman–Crippen LogP) is 1.73. The molecular formula is C14H24ClN3OS. The third-order valence-corrected chi connectivity index (χ3v) is 4.38. The molecule has 0 unspecified atom stereocenters. The van der Waals surface area contributed by atoms with Gasteiger partial charge in [-0.2, -0.15) is 0 Å². The van der Waals surface area contributed by atoms with Gasteiger partial charge in [-0.15, -0.1) is 23.7 Å². The molecule has 6 heteroatoms. The van der Waals surface area contributed by atoms with Crippen molar-refractivity contribution in [2.24, 2.45) is 0 Å². The summed E-state index contributed by atoms with van der Waals surface area (Å²) in [4.78, 5) is 19.0. The Morgan fingerprint density at radius 1 is 1.40 bits per heavy atom. The van der Waals surface area contributed by atoms with Crippen LogP contribution in [0.2, 0.25) is 0 Å². The fraction of sp³-hybridized carbons (Fsp3) is 0.643. The van der Waals surface area contributed by atoms with Crippen LogP contribution < -0.4 is 5.32 Å². The number of rotatable bonds is 5. The summed E-state index contributed by atoms with van der Waals surface area (Å²) in [6.07, 6.45) is 0.626. The molecule has 0 atom stereocenters. The zero-order valence-electron chi connectivity index (χ0n) is 12.2. The molecule has 0 aromatic carbocycles. The number of piperazine rings is 1. The Morgan fingerprint density at radius 2 is 2.10 bits per heavy atom. The summed E-state index contributed by atoms with van der Waals surface area (Å²) in [7, 11) is 2.08. The Labute approximate surface area is 131 Å². The van der Waals surface area contributed by atoms with Gasteiger partial charge in [-0.25, -0.2) is 0 Å². The van der Waals surface area contributed by atoms with Crippen LogP contribution in [0.1, 0.15) is 16.2 Å². The van der Waals surface area contributed by atoms with E-state index in [1.165, 1.54) is 9.75 Å². The van der Waals surface area contributed by atoms with E-state index in [-0.39, 0.29) is 18.3 Å². The van der Waals surface area contributed by atoms with Crippen molar-refractivity contribution in [2.45, 2.75) is 19.9 Å².